The molecule has 1 aliphatic rings. The molecule has 0 fully saturated rings. The second-order valence-electron chi connectivity index (χ2n) is 6.33. The van der Waals surface area contributed by atoms with Crippen LogP contribution in [0.15, 0.2) is 51.8 Å². The van der Waals surface area contributed by atoms with E-state index < -0.39 is 28.6 Å². The lowest BCUT2D eigenvalue weighted by atomic mass is 9.96. The normalized spacial score (nSPS) is 16.5. The van der Waals surface area contributed by atoms with Crippen LogP contribution >= 0.6 is 15.9 Å². The van der Waals surface area contributed by atoms with Gasteiger partial charge in [-0.1, -0.05) is 40.2 Å². The minimum atomic E-state index is -4.10. The molecule has 7 nitrogen and oxygen atoms in total. The predicted octanol–water partition coefficient (Wildman–Crippen LogP) is 3.03. The van der Waals surface area contributed by atoms with Gasteiger partial charge in [0.1, 0.15) is 22.8 Å². The van der Waals surface area contributed by atoms with E-state index in [9.17, 15) is 13.2 Å². The Labute approximate surface area is 178 Å². The highest BCUT2D eigenvalue weighted by Crippen LogP contribution is 2.35. The summed E-state index contributed by atoms with van der Waals surface area (Å²) in [7, 11) is -4.10. The molecule has 1 atom stereocenters. The number of fused-ring (bicyclic) bond motifs is 1. The minimum Gasteiger partial charge on any atom is -0.492 e. The maximum Gasteiger partial charge on any atom is 0.325 e. The smallest absolute Gasteiger partial charge is 0.325 e. The fraction of sp³-hybridized carbons (Fsp3) is 0.300. The first-order valence-electron chi connectivity index (χ1n) is 8.93. The molecule has 2 aromatic carbocycles. The fourth-order valence-electron chi connectivity index (χ4n) is 3.24. The Morgan fingerprint density at radius 1 is 1.28 bits per heavy atom. The van der Waals surface area contributed by atoms with E-state index in [1.807, 2.05) is 24.3 Å². The quantitative estimate of drug-likeness (QED) is 0.591. The lowest BCUT2D eigenvalue weighted by molar-refractivity contribution is -0.147. The maximum atomic E-state index is 13.6. The first kappa shape index (κ1) is 21.3. The van der Waals surface area contributed by atoms with E-state index >= 15 is 0 Å². The molecule has 152 valence electrons. The molecule has 1 heterocycles. The molecule has 1 aliphatic heterocycles. The predicted molar refractivity (Wildman–Crippen MR) is 109 cm³/mol. The fourth-order valence-corrected chi connectivity index (χ4v) is 5.46. The average molecular weight is 479 g/mol. The van der Waals surface area contributed by atoms with Crippen molar-refractivity contribution in [1.82, 2.24) is 4.31 Å². The lowest BCUT2D eigenvalue weighted by Gasteiger charge is -2.34. The van der Waals surface area contributed by atoms with Gasteiger partial charge in [-0.05, 0) is 36.2 Å². The van der Waals surface area contributed by atoms with E-state index in [2.05, 4.69) is 15.9 Å². The summed E-state index contributed by atoms with van der Waals surface area (Å²) < 4.78 is 39.3. The van der Waals surface area contributed by atoms with Crippen molar-refractivity contribution in [2.45, 2.75) is 30.8 Å². The van der Waals surface area contributed by atoms with E-state index in [4.69, 9.17) is 14.7 Å². The number of esters is 1. The molecule has 0 spiro atoms. The van der Waals surface area contributed by atoms with Crippen molar-refractivity contribution in [2.75, 3.05) is 13.2 Å². The van der Waals surface area contributed by atoms with Crippen LogP contribution in [0.2, 0.25) is 0 Å². The van der Waals surface area contributed by atoms with Crippen LogP contribution in [0, 0.1) is 11.3 Å². The molecule has 0 saturated carbocycles. The summed E-state index contributed by atoms with van der Waals surface area (Å²) in [5.41, 5.74) is 1.69. The highest BCUT2D eigenvalue weighted by atomic mass is 79.9. The number of halogens is 1. The van der Waals surface area contributed by atoms with Gasteiger partial charge in [0.15, 0.2) is 6.61 Å². The van der Waals surface area contributed by atoms with Gasteiger partial charge in [0.05, 0.1) is 6.61 Å². The molecule has 0 amide bonds. The minimum absolute atomic E-state index is 0.0168. The third-order valence-electron chi connectivity index (χ3n) is 4.55. The van der Waals surface area contributed by atoms with Gasteiger partial charge in [-0.2, -0.15) is 9.57 Å². The highest BCUT2D eigenvalue weighted by Gasteiger charge is 2.41. The Hall–Kier alpha value is -2.41. The van der Waals surface area contributed by atoms with Gasteiger partial charge < -0.3 is 9.47 Å². The van der Waals surface area contributed by atoms with Gasteiger partial charge in [-0.3, -0.25) is 4.79 Å². The van der Waals surface area contributed by atoms with Crippen molar-refractivity contribution in [1.29, 1.82) is 5.26 Å². The number of sulfonamides is 1. The van der Waals surface area contributed by atoms with Crippen LogP contribution in [0.5, 0.6) is 5.75 Å². The molecular formula is C20H19BrN2O5S. The molecule has 29 heavy (non-hydrogen) atoms. The number of nitriles is 1. The summed E-state index contributed by atoms with van der Waals surface area (Å²) in [5, 5.41) is 8.72. The Morgan fingerprint density at radius 2 is 2.00 bits per heavy atom. The third kappa shape index (κ3) is 4.45. The maximum absolute atomic E-state index is 13.6. The van der Waals surface area contributed by atoms with E-state index in [-0.39, 0.29) is 23.6 Å². The van der Waals surface area contributed by atoms with Crippen molar-refractivity contribution in [3.8, 4) is 11.8 Å². The summed E-state index contributed by atoms with van der Waals surface area (Å²) in [6, 6.07) is 12.7. The van der Waals surface area contributed by atoms with E-state index in [1.54, 1.807) is 25.1 Å². The Morgan fingerprint density at radius 3 is 2.69 bits per heavy atom. The number of rotatable bonds is 6. The Balaban J connectivity index is 2.08. The number of benzene rings is 2. The molecule has 2 aromatic rings. The lowest BCUT2D eigenvalue weighted by Crippen LogP contribution is -2.49. The van der Waals surface area contributed by atoms with Crippen molar-refractivity contribution in [3.05, 3.63) is 58.1 Å². The summed E-state index contributed by atoms with van der Waals surface area (Å²) in [4.78, 5) is 12.6. The van der Waals surface area contributed by atoms with E-state index in [0.29, 0.717) is 11.1 Å². The molecule has 0 bridgehead atoms. The van der Waals surface area contributed by atoms with Crippen molar-refractivity contribution < 1.29 is 22.7 Å². The Kier molecular flexibility index (Phi) is 6.57. The molecule has 0 unspecified atom stereocenters. The summed E-state index contributed by atoms with van der Waals surface area (Å²) in [6.45, 7) is 1.63. The number of ether oxygens (including phenoxy) is 2. The summed E-state index contributed by atoms with van der Waals surface area (Å²) in [5.74, 6) is -0.545. The number of hydrogen-bond donors (Lipinski definition) is 0. The zero-order chi connectivity index (χ0) is 21.0. The highest BCUT2D eigenvalue weighted by molar-refractivity contribution is 9.10. The molecule has 0 N–H and O–H groups in total. The number of hydrogen-bond acceptors (Lipinski definition) is 6. The molecule has 0 saturated heterocycles. The molecule has 0 aromatic heterocycles. The van der Waals surface area contributed by atoms with Crippen LogP contribution in [-0.2, 0) is 32.5 Å². The largest absolute Gasteiger partial charge is 0.492 e. The molecule has 0 aliphatic carbocycles. The van der Waals surface area contributed by atoms with Crippen LogP contribution < -0.4 is 4.74 Å². The zero-order valence-corrected chi connectivity index (χ0v) is 18.1. The average Bonchev–Trinajstić information content (AvgIpc) is 2.72. The number of carbonyl (C=O) groups is 1. The zero-order valence-electron chi connectivity index (χ0n) is 15.7. The van der Waals surface area contributed by atoms with Crippen LogP contribution in [-0.4, -0.2) is 37.9 Å². The van der Waals surface area contributed by atoms with E-state index in [1.165, 1.54) is 6.07 Å². The topological polar surface area (TPSA) is 96.7 Å². The number of carbonyl (C=O) groups excluding carboxylic acids is 1. The summed E-state index contributed by atoms with van der Waals surface area (Å²) >= 11 is 3.30. The first-order valence-corrected chi connectivity index (χ1v) is 11.2. The molecular weight excluding hydrogens is 460 g/mol. The van der Waals surface area contributed by atoms with Crippen molar-refractivity contribution in [3.63, 3.8) is 0 Å². The van der Waals surface area contributed by atoms with Crippen LogP contribution in [0.3, 0.4) is 0 Å². The van der Waals surface area contributed by atoms with Gasteiger partial charge in [-0.25, -0.2) is 8.42 Å². The second-order valence-corrected chi connectivity index (χ2v) is 9.10. The van der Waals surface area contributed by atoms with Crippen LogP contribution in [0.4, 0.5) is 0 Å². The van der Waals surface area contributed by atoms with Gasteiger partial charge in [0.25, 0.3) is 0 Å². The first-order chi connectivity index (χ1) is 13.9. The third-order valence-corrected chi connectivity index (χ3v) is 6.92. The monoisotopic (exact) mass is 478 g/mol. The Bertz CT molecular complexity index is 1060. The van der Waals surface area contributed by atoms with Crippen LogP contribution in [0.1, 0.15) is 18.1 Å². The molecule has 0 radical (unpaired) electrons. The van der Waals surface area contributed by atoms with Crippen LogP contribution in [0.25, 0.3) is 0 Å². The SMILES string of the molecule is CCOc1ccc(Br)cc1S(=O)(=O)N1Cc2ccccc2C[C@@H]1C(=O)OCC#N. The van der Waals surface area contributed by atoms with Crippen molar-refractivity contribution in [2.24, 2.45) is 0 Å². The standard InChI is InChI=1S/C20H19BrN2O5S/c1-2-27-18-8-7-16(21)12-19(18)29(25,26)23-13-15-6-4-3-5-14(15)11-17(23)20(24)28-10-9-22/h3-8,12,17H,2,10-11,13H2,1H3/t17-/m1/s1. The van der Waals surface area contributed by atoms with Gasteiger partial charge in [0.2, 0.25) is 10.0 Å². The molecule has 9 heteroatoms. The van der Waals surface area contributed by atoms with Gasteiger partial charge in [0, 0.05) is 17.4 Å². The molecule has 3 rings (SSSR count). The van der Waals surface area contributed by atoms with E-state index in [0.717, 1.165) is 15.4 Å². The van der Waals surface area contributed by atoms with Gasteiger partial charge in [-0.15, -0.1) is 0 Å². The van der Waals surface area contributed by atoms with Crippen molar-refractivity contribution >= 4 is 31.9 Å². The van der Waals surface area contributed by atoms with Gasteiger partial charge >= 0.3 is 5.97 Å². The second kappa shape index (κ2) is 8.95. The number of nitrogens with zero attached hydrogens (tertiary/aromatic N) is 2. The summed E-state index contributed by atoms with van der Waals surface area (Å²) in [6.07, 6.45) is 0.164.